The molecule has 0 heterocycles. The van der Waals surface area contributed by atoms with Gasteiger partial charge in [0, 0.05) is 12.6 Å². The molecule has 0 unspecified atom stereocenters. The maximum Gasteiger partial charge on any atom is 0.341 e. The van der Waals surface area contributed by atoms with Gasteiger partial charge in [0.05, 0.1) is 13.5 Å². The van der Waals surface area contributed by atoms with E-state index in [1.807, 2.05) is 0 Å². The van der Waals surface area contributed by atoms with Crippen molar-refractivity contribution in [2.45, 2.75) is 13.3 Å². The van der Waals surface area contributed by atoms with Crippen molar-refractivity contribution in [2.24, 2.45) is 0 Å². The fourth-order valence-corrected chi connectivity index (χ4v) is 2.16. The maximum atomic E-state index is 13.1. The second kappa shape index (κ2) is 8.05. The molecule has 0 aliphatic rings. The van der Waals surface area contributed by atoms with Crippen molar-refractivity contribution < 1.29 is 28.2 Å². The van der Waals surface area contributed by atoms with E-state index >= 15 is 0 Å². The average Bonchev–Trinajstić information content (AvgIpc) is 2.55. The van der Waals surface area contributed by atoms with Crippen LogP contribution in [0.5, 0.6) is 5.75 Å². The molecule has 0 saturated heterocycles. The maximum absolute atomic E-state index is 13.1. The van der Waals surface area contributed by atoms with Crippen LogP contribution >= 0.6 is 0 Å². The lowest BCUT2D eigenvalue weighted by atomic mass is 10.1. The van der Waals surface area contributed by atoms with E-state index in [1.54, 1.807) is 6.07 Å². The van der Waals surface area contributed by atoms with Crippen LogP contribution in [0.15, 0.2) is 42.5 Å². The Morgan fingerprint density at radius 1 is 1.12 bits per heavy atom. The van der Waals surface area contributed by atoms with Gasteiger partial charge in [-0.05, 0) is 35.9 Å². The highest BCUT2D eigenvalue weighted by atomic mass is 19.1. The van der Waals surface area contributed by atoms with Gasteiger partial charge in [-0.25, -0.2) is 9.18 Å². The standard InChI is InChI=1S/C18H16FNO5/c1-11(21)25-16-7-6-14(10-15(16)18(23)24-2)20-17(22)9-12-4-3-5-13(19)8-12/h3-8,10H,9H2,1-2H3,(H,20,22). The minimum atomic E-state index is -0.711. The van der Waals surface area contributed by atoms with Gasteiger partial charge in [0.1, 0.15) is 17.1 Å². The number of esters is 2. The average molecular weight is 345 g/mol. The number of methoxy groups -OCH3 is 1. The Balaban J connectivity index is 2.17. The third-order valence-corrected chi connectivity index (χ3v) is 3.18. The Kier molecular flexibility index (Phi) is 5.84. The Labute approximate surface area is 143 Å². The van der Waals surface area contributed by atoms with Gasteiger partial charge in [0.25, 0.3) is 0 Å². The first kappa shape index (κ1) is 18.1. The largest absolute Gasteiger partial charge is 0.465 e. The van der Waals surface area contributed by atoms with Crippen LogP contribution < -0.4 is 10.1 Å². The lowest BCUT2D eigenvalue weighted by Crippen LogP contribution is -2.15. The minimum absolute atomic E-state index is 0.00116. The minimum Gasteiger partial charge on any atom is -0.465 e. The van der Waals surface area contributed by atoms with Crippen LogP contribution in [0.2, 0.25) is 0 Å². The number of hydrogen-bond acceptors (Lipinski definition) is 5. The van der Waals surface area contributed by atoms with E-state index in [9.17, 15) is 18.8 Å². The summed E-state index contributed by atoms with van der Waals surface area (Å²) in [7, 11) is 1.19. The molecule has 0 radical (unpaired) electrons. The van der Waals surface area contributed by atoms with Crippen molar-refractivity contribution in [3.8, 4) is 5.75 Å². The van der Waals surface area contributed by atoms with Crippen LogP contribution in [0.1, 0.15) is 22.8 Å². The zero-order chi connectivity index (χ0) is 18.4. The molecule has 1 N–H and O–H groups in total. The number of rotatable bonds is 5. The molecule has 25 heavy (non-hydrogen) atoms. The van der Waals surface area contributed by atoms with E-state index in [1.165, 1.54) is 50.4 Å². The molecule has 0 spiro atoms. The molecule has 0 fully saturated rings. The third-order valence-electron chi connectivity index (χ3n) is 3.18. The predicted octanol–water partition coefficient (Wildman–Crippen LogP) is 2.72. The molecular weight excluding hydrogens is 329 g/mol. The molecule has 2 aromatic carbocycles. The summed E-state index contributed by atoms with van der Waals surface area (Å²) >= 11 is 0. The summed E-state index contributed by atoms with van der Waals surface area (Å²) in [5, 5.41) is 2.60. The van der Waals surface area contributed by atoms with Crippen molar-refractivity contribution in [2.75, 3.05) is 12.4 Å². The van der Waals surface area contributed by atoms with E-state index in [4.69, 9.17) is 4.74 Å². The molecular formula is C18H16FNO5. The predicted molar refractivity (Wildman–Crippen MR) is 87.8 cm³/mol. The number of amides is 1. The van der Waals surface area contributed by atoms with E-state index in [2.05, 4.69) is 10.1 Å². The monoisotopic (exact) mass is 345 g/mol. The van der Waals surface area contributed by atoms with Crippen LogP contribution in [0.3, 0.4) is 0 Å². The summed E-state index contributed by atoms with van der Waals surface area (Å²) in [5.74, 6) is -2.08. The number of carbonyl (C=O) groups excluding carboxylic acids is 3. The van der Waals surface area contributed by atoms with Crippen molar-refractivity contribution in [1.82, 2.24) is 0 Å². The zero-order valence-corrected chi connectivity index (χ0v) is 13.7. The number of hydrogen-bond donors (Lipinski definition) is 1. The molecule has 2 aromatic rings. The van der Waals surface area contributed by atoms with Gasteiger partial charge in [-0.1, -0.05) is 12.1 Å². The van der Waals surface area contributed by atoms with E-state index in [0.29, 0.717) is 11.3 Å². The zero-order valence-electron chi connectivity index (χ0n) is 13.7. The lowest BCUT2D eigenvalue weighted by Gasteiger charge is -2.11. The third kappa shape index (κ3) is 5.13. The highest BCUT2D eigenvalue weighted by molar-refractivity contribution is 5.97. The summed E-state index contributed by atoms with van der Waals surface area (Å²) in [4.78, 5) is 35.0. The van der Waals surface area contributed by atoms with Gasteiger partial charge < -0.3 is 14.8 Å². The quantitative estimate of drug-likeness (QED) is 0.666. The molecule has 7 heteroatoms. The Hall–Kier alpha value is -3.22. The molecule has 6 nitrogen and oxygen atoms in total. The lowest BCUT2D eigenvalue weighted by molar-refractivity contribution is -0.131. The molecule has 0 saturated carbocycles. The fraction of sp³-hybridized carbons (Fsp3) is 0.167. The summed E-state index contributed by atoms with van der Waals surface area (Å²) in [6.45, 7) is 1.20. The molecule has 0 bridgehead atoms. The SMILES string of the molecule is COC(=O)c1cc(NC(=O)Cc2cccc(F)c2)ccc1OC(C)=O. The van der Waals surface area contributed by atoms with Crippen LogP contribution in [0.25, 0.3) is 0 Å². The molecule has 0 aromatic heterocycles. The van der Waals surface area contributed by atoms with Crippen molar-refractivity contribution in [3.63, 3.8) is 0 Å². The van der Waals surface area contributed by atoms with Gasteiger partial charge in [-0.15, -0.1) is 0 Å². The first-order valence-corrected chi connectivity index (χ1v) is 7.34. The van der Waals surface area contributed by atoms with Gasteiger partial charge in [-0.2, -0.15) is 0 Å². The Morgan fingerprint density at radius 2 is 1.88 bits per heavy atom. The molecule has 0 aliphatic carbocycles. The molecule has 2 rings (SSSR count). The topological polar surface area (TPSA) is 81.7 Å². The van der Waals surface area contributed by atoms with Crippen molar-refractivity contribution >= 4 is 23.5 Å². The number of carbonyl (C=O) groups is 3. The van der Waals surface area contributed by atoms with Crippen molar-refractivity contribution in [3.05, 3.63) is 59.4 Å². The van der Waals surface area contributed by atoms with Crippen LogP contribution in [-0.4, -0.2) is 25.0 Å². The number of anilines is 1. The van der Waals surface area contributed by atoms with Gasteiger partial charge >= 0.3 is 11.9 Å². The molecule has 130 valence electrons. The van der Waals surface area contributed by atoms with E-state index in [-0.39, 0.29) is 23.6 Å². The van der Waals surface area contributed by atoms with Crippen LogP contribution in [-0.2, 0) is 20.7 Å². The summed E-state index contributed by atoms with van der Waals surface area (Å²) in [6.07, 6.45) is -0.0307. The summed E-state index contributed by atoms with van der Waals surface area (Å²) in [5.41, 5.74) is 0.834. The number of ether oxygens (including phenoxy) is 2. The number of nitrogens with one attached hydrogen (secondary N) is 1. The molecule has 0 atom stereocenters. The van der Waals surface area contributed by atoms with Gasteiger partial charge in [0.15, 0.2) is 0 Å². The summed E-state index contributed by atoms with van der Waals surface area (Å²) < 4.78 is 22.7. The molecule has 0 aliphatic heterocycles. The highest BCUT2D eigenvalue weighted by Gasteiger charge is 2.16. The Bertz CT molecular complexity index is 819. The van der Waals surface area contributed by atoms with Gasteiger partial charge in [-0.3, -0.25) is 9.59 Å². The van der Waals surface area contributed by atoms with Crippen LogP contribution in [0, 0.1) is 5.82 Å². The van der Waals surface area contributed by atoms with Gasteiger partial charge in [0.2, 0.25) is 5.91 Å². The first-order chi connectivity index (χ1) is 11.9. The van der Waals surface area contributed by atoms with E-state index in [0.717, 1.165) is 0 Å². The summed E-state index contributed by atoms with van der Waals surface area (Å²) in [6, 6.07) is 9.90. The van der Waals surface area contributed by atoms with Crippen molar-refractivity contribution in [1.29, 1.82) is 0 Å². The van der Waals surface area contributed by atoms with Crippen LogP contribution in [0.4, 0.5) is 10.1 Å². The molecule has 1 amide bonds. The second-order valence-electron chi connectivity index (χ2n) is 5.15. The first-order valence-electron chi connectivity index (χ1n) is 7.34. The highest BCUT2D eigenvalue weighted by Crippen LogP contribution is 2.24. The second-order valence-corrected chi connectivity index (χ2v) is 5.15. The fourth-order valence-electron chi connectivity index (χ4n) is 2.16. The van der Waals surface area contributed by atoms with E-state index < -0.39 is 17.8 Å². The normalized spacial score (nSPS) is 10.0. The number of halogens is 1. The smallest absolute Gasteiger partial charge is 0.341 e. The number of benzene rings is 2. The Morgan fingerprint density at radius 3 is 2.52 bits per heavy atom.